The molecule has 2 saturated heterocycles. The van der Waals surface area contributed by atoms with Gasteiger partial charge >= 0.3 is 0 Å². The molecule has 0 aliphatic carbocycles. The lowest BCUT2D eigenvalue weighted by molar-refractivity contribution is -0.124. The number of fused-ring (bicyclic) bond motifs is 1. The minimum absolute atomic E-state index is 0.0792. The number of ether oxygens (including phenoxy) is 3. The van der Waals surface area contributed by atoms with E-state index in [1.165, 1.54) is 0 Å². The Morgan fingerprint density at radius 1 is 1.37 bits per heavy atom. The molecule has 0 bridgehead atoms. The van der Waals surface area contributed by atoms with Crippen LogP contribution in [0.4, 0.5) is 0 Å². The molecule has 2 heterocycles. The van der Waals surface area contributed by atoms with E-state index >= 15 is 0 Å². The summed E-state index contributed by atoms with van der Waals surface area (Å²) in [6, 6.07) is 7.64. The van der Waals surface area contributed by atoms with E-state index in [-0.39, 0.29) is 36.7 Å². The van der Waals surface area contributed by atoms with Crippen LogP contribution in [-0.2, 0) is 25.5 Å². The van der Waals surface area contributed by atoms with Crippen LogP contribution in [0, 0.1) is 0 Å². The van der Waals surface area contributed by atoms with Crippen LogP contribution in [0.5, 0.6) is 0 Å². The molecule has 1 aromatic carbocycles. The van der Waals surface area contributed by atoms with Crippen molar-refractivity contribution in [2.24, 2.45) is 0 Å². The maximum absolute atomic E-state index is 11.9. The Hall–Kier alpha value is -1.22. The number of rotatable bonds is 9. The molecule has 2 aliphatic rings. The lowest BCUT2D eigenvalue weighted by atomic mass is 10.1. The van der Waals surface area contributed by atoms with Gasteiger partial charge in [-0.25, -0.2) is 0 Å². The fourth-order valence-corrected chi connectivity index (χ4v) is 3.77. The summed E-state index contributed by atoms with van der Waals surface area (Å²) < 4.78 is 16.7. The highest BCUT2D eigenvalue weighted by molar-refractivity contribution is 6.31. The van der Waals surface area contributed by atoms with Gasteiger partial charge in [-0.05, 0) is 11.6 Å². The molecule has 3 rings (SSSR count). The number of hydrogen-bond donors (Lipinski definition) is 3. The molecule has 0 unspecified atom stereocenters. The number of aliphatic hydroxyl groups excluding tert-OH is 1. The largest absolute Gasteiger partial charge is 0.388 e. The first-order valence-corrected chi connectivity index (χ1v) is 9.65. The third-order valence-corrected chi connectivity index (χ3v) is 5.31. The predicted octanol–water partition coefficient (Wildman–Crippen LogP) is 0.868. The molecule has 5 atom stereocenters. The Kier molecular flexibility index (Phi) is 7.46. The maximum atomic E-state index is 11.9. The molecule has 3 N–H and O–H groups in total. The van der Waals surface area contributed by atoms with Crippen LogP contribution in [0.1, 0.15) is 18.4 Å². The summed E-state index contributed by atoms with van der Waals surface area (Å²) in [5, 5.41) is 17.3. The number of carbonyl (C=O) groups is 1. The molecule has 7 nitrogen and oxygen atoms in total. The summed E-state index contributed by atoms with van der Waals surface area (Å²) in [5.41, 5.74) is 1.00. The van der Waals surface area contributed by atoms with Crippen molar-refractivity contribution in [1.82, 2.24) is 10.6 Å². The SMILES string of the molecule is COCCNC(=O)C[C@@H]1C[C@H]2O[C@H](CNCc3ccccc3Cl)[C@@H](O)[C@H]2O1. The molecular formula is C19H27ClN2O5. The van der Waals surface area contributed by atoms with Gasteiger partial charge in [0.15, 0.2) is 0 Å². The molecule has 2 aliphatic heterocycles. The summed E-state index contributed by atoms with van der Waals surface area (Å²) in [7, 11) is 1.59. The van der Waals surface area contributed by atoms with Crippen LogP contribution < -0.4 is 10.6 Å². The predicted molar refractivity (Wildman–Crippen MR) is 101 cm³/mol. The minimum atomic E-state index is -0.713. The first-order valence-electron chi connectivity index (χ1n) is 9.27. The van der Waals surface area contributed by atoms with E-state index in [0.29, 0.717) is 37.7 Å². The fourth-order valence-electron chi connectivity index (χ4n) is 3.57. The molecule has 2 fully saturated rings. The third kappa shape index (κ3) is 5.40. The zero-order chi connectivity index (χ0) is 19.2. The van der Waals surface area contributed by atoms with Gasteiger partial charge in [0, 0.05) is 38.2 Å². The van der Waals surface area contributed by atoms with Gasteiger partial charge in [0.2, 0.25) is 5.91 Å². The van der Waals surface area contributed by atoms with Crippen LogP contribution in [0.25, 0.3) is 0 Å². The smallest absolute Gasteiger partial charge is 0.222 e. The topological polar surface area (TPSA) is 89.1 Å². The summed E-state index contributed by atoms with van der Waals surface area (Å²) in [4.78, 5) is 11.9. The third-order valence-electron chi connectivity index (χ3n) is 4.94. The van der Waals surface area contributed by atoms with Crippen LogP contribution in [0.3, 0.4) is 0 Å². The highest BCUT2D eigenvalue weighted by Gasteiger charge is 2.50. The number of amides is 1. The molecule has 1 aromatic rings. The number of benzene rings is 1. The second kappa shape index (κ2) is 9.82. The number of hydrogen-bond acceptors (Lipinski definition) is 6. The van der Waals surface area contributed by atoms with Gasteiger partial charge in [-0.2, -0.15) is 0 Å². The number of nitrogens with one attached hydrogen (secondary N) is 2. The molecule has 1 amide bonds. The summed E-state index contributed by atoms with van der Waals surface area (Å²) in [5.74, 6) is -0.0792. The number of halogens is 1. The molecule has 27 heavy (non-hydrogen) atoms. The molecule has 0 radical (unpaired) electrons. The zero-order valence-corrected chi connectivity index (χ0v) is 16.2. The van der Waals surface area contributed by atoms with E-state index in [4.69, 9.17) is 25.8 Å². The minimum Gasteiger partial charge on any atom is -0.388 e. The Morgan fingerprint density at radius 2 is 2.19 bits per heavy atom. The summed E-state index contributed by atoms with van der Waals surface area (Å²) >= 11 is 6.14. The van der Waals surface area contributed by atoms with Crippen LogP contribution in [0.2, 0.25) is 5.02 Å². The van der Waals surface area contributed by atoms with E-state index in [2.05, 4.69) is 10.6 Å². The van der Waals surface area contributed by atoms with Crippen LogP contribution >= 0.6 is 11.6 Å². The monoisotopic (exact) mass is 398 g/mol. The van der Waals surface area contributed by atoms with Gasteiger partial charge in [0.25, 0.3) is 0 Å². The summed E-state index contributed by atoms with van der Waals surface area (Å²) in [6.07, 6.45) is -0.955. The Morgan fingerprint density at radius 3 is 2.93 bits per heavy atom. The van der Waals surface area contributed by atoms with Crippen molar-refractivity contribution in [2.45, 2.75) is 49.9 Å². The van der Waals surface area contributed by atoms with Gasteiger partial charge in [-0.1, -0.05) is 29.8 Å². The number of methoxy groups -OCH3 is 1. The van der Waals surface area contributed by atoms with Gasteiger partial charge in [0.05, 0.1) is 31.3 Å². The fraction of sp³-hybridized carbons (Fsp3) is 0.632. The lowest BCUT2D eigenvalue weighted by Crippen LogP contribution is -2.39. The van der Waals surface area contributed by atoms with Crippen molar-refractivity contribution in [3.63, 3.8) is 0 Å². The van der Waals surface area contributed by atoms with Crippen LogP contribution in [-0.4, -0.2) is 68.3 Å². The molecule has 8 heteroatoms. The summed E-state index contributed by atoms with van der Waals surface area (Å²) in [6.45, 7) is 2.07. The highest BCUT2D eigenvalue weighted by atomic mass is 35.5. The first kappa shape index (κ1) is 20.5. The molecule has 0 aromatic heterocycles. The second-order valence-electron chi connectivity index (χ2n) is 6.93. The van der Waals surface area contributed by atoms with Crippen LogP contribution in [0.15, 0.2) is 24.3 Å². The van der Waals surface area contributed by atoms with Crippen molar-refractivity contribution in [3.8, 4) is 0 Å². The number of carbonyl (C=O) groups excluding carboxylic acids is 1. The van der Waals surface area contributed by atoms with Crippen molar-refractivity contribution < 1.29 is 24.1 Å². The van der Waals surface area contributed by atoms with Crippen molar-refractivity contribution in [2.75, 3.05) is 26.8 Å². The van der Waals surface area contributed by atoms with E-state index in [0.717, 1.165) is 5.56 Å². The Labute approximate surface area is 164 Å². The van der Waals surface area contributed by atoms with Gasteiger partial charge in [0.1, 0.15) is 12.2 Å². The second-order valence-corrected chi connectivity index (χ2v) is 7.34. The van der Waals surface area contributed by atoms with Crippen molar-refractivity contribution in [1.29, 1.82) is 0 Å². The Balaban J connectivity index is 1.39. The average Bonchev–Trinajstić information content (AvgIpc) is 3.16. The average molecular weight is 399 g/mol. The van der Waals surface area contributed by atoms with Crippen molar-refractivity contribution >= 4 is 17.5 Å². The zero-order valence-electron chi connectivity index (χ0n) is 15.4. The van der Waals surface area contributed by atoms with E-state index in [9.17, 15) is 9.90 Å². The van der Waals surface area contributed by atoms with E-state index in [1.54, 1.807) is 7.11 Å². The lowest BCUT2D eigenvalue weighted by Gasteiger charge is -2.20. The van der Waals surface area contributed by atoms with Gasteiger partial charge < -0.3 is 30.0 Å². The number of aliphatic hydroxyl groups is 1. The Bertz CT molecular complexity index is 632. The quantitative estimate of drug-likeness (QED) is 0.535. The normalized spacial score (nSPS) is 29.7. The van der Waals surface area contributed by atoms with Gasteiger partial charge in [-0.15, -0.1) is 0 Å². The van der Waals surface area contributed by atoms with Crippen molar-refractivity contribution in [3.05, 3.63) is 34.9 Å². The van der Waals surface area contributed by atoms with E-state index in [1.807, 2.05) is 24.3 Å². The molecule has 0 saturated carbocycles. The first-order chi connectivity index (χ1) is 13.1. The highest BCUT2D eigenvalue weighted by Crippen LogP contribution is 2.35. The molecule has 0 spiro atoms. The maximum Gasteiger partial charge on any atom is 0.222 e. The van der Waals surface area contributed by atoms with Gasteiger partial charge in [-0.3, -0.25) is 4.79 Å². The standard InChI is InChI=1S/C19H27ClN2O5/c1-25-7-6-22-17(23)9-13-8-15-19(26-13)18(24)16(27-15)11-21-10-12-4-2-3-5-14(12)20/h2-5,13,15-16,18-19,21,24H,6-11H2,1H3,(H,22,23)/t13-,15+,16+,18+,19-/m0/s1. The molecule has 150 valence electrons. The molecular weight excluding hydrogens is 372 g/mol. The van der Waals surface area contributed by atoms with E-state index < -0.39 is 6.10 Å².